The van der Waals surface area contributed by atoms with Gasteiger partial charge >= 0.3 is 30.6 Å². The van der Waals surface area contributed by atoms with E-state index in [-0.39, 0.29) is 57.8 Å². The summed E-state index contributed by atoms with van der Waals surface area (Å²) in [6, 6.07) is 28.8. The van der Waals surface area contributed by atoms with Gasteiger partial charge in [-0.1, -0.05) is 54.6 Å². The molecule has 30 heteroatoms. The quantitative estimate of drug-likeness (QED) is 0.0222. The number of methoxy groups -OCH3 is 8. The zero-order valence-corrected chi connectivity index (χ0v) is 55.0. The van der Waals surface area contributed by atoms with Gasteiger partial charge in [0.1, 0.15) is 54.0 Å². The van der Waals surface area contributed by atoms with E-state index in [0.717, 1.165) is 12.1 Å². The van der Waals surface area contributed by atoms with Crippen LogP contribution in [0.1, 0.15) is 49.3 Å². The third-order valence-corrected chi connectivity index (χ3v) is 17.2. The summed E-state index contributed by atoms with van der Waals surface area (Å²) in [7, 11) is -1.47. The molecule has 7 aromatic carbocycles. The maximum atomic E-state index is 14.3. The summed E-state index contributed by atoms with van der Waals surface area (Å²) in [5, 5.41) is 43.2. The maximum absolute atomic E-state index is 14.3. The van der Waals surface area contributed by atoms with Gasteiger partial charge in [-0.3, -0.25) is 4.79 Å². The lowest BCUT2D eigenvalue weighted by Gasteiger charge is -2.39. The SMILES string of the molecule is CNC(=O)c1ccc(O[C@@H]2O[C@H](CO)[C@H](O)[C@H](O)[C@H]2O)c(OS(=O)(=O)Oc2ccc(COc3ccc(CS(=O)(=O)Oc4cc(/C=C\c5cc(OC)c(OC)c(OC)c5)ccc4OC)cc3CS(=O)(=O)Oc3cc(/C=C\c4cc(OC)c(OC)c(OC)c4)ccc3OC)cc2)c1. The van der Waals surface area contributed by atoms with E-state index >= 15 is 0 Å². The molecular formula is C65H69NO26S3. The lowest BCUT2D eigenvalue weighted by atomic mass is 9.99. The van der Waals surface area contributed by atoms with Crippen LogP contribution in [0.15, 0.2) is 121 Å². The summed E-state index contributed by atoms with van der Waals surface area (Å²) < 4.78 is 167. The Hall–Kier alpha value is -9.66. The minimum absolute atomic E-state index is 0.0430. The molecule has 1 amide bonds. The fourth-order valence-electron chi connectivity index (χ4n) is 9.50. The molecule has 1 aliphatic heterocycles. The summed E-state index contributed by atoms with van der Waals surface area (Å²) >= 11 is 0. The Morgan fingerprint density at radius 1 is 0.463 bits per heavy atom. The summed E-state index contributed by atoms with van der Waals surface area (Å²) in [5.41, 5.74) is 2.58. The van der Waals surface area contributed by atoms with Gasteiger partial charge in [0.05, 0.1) is 63.5 Å². The Morgan fingerprint density at radius 2 is 0.916 bits per heavy atom. The standard InChI is InChI=1S/C65H69NO26S3/c1-66-64(71)44-19-25-50(87-65-61(70)60(69)59(68)58(34-67)88-65)53(33-44)92-95(76,77)89-46-20-14-40(15-21-46)35-86-47-22-18-43(36-93(72,73)90-51-27-38(16-23-48(51)78-2)10-12-41-29-54(80-4)62(84-8)55(30-41)81-5)26-45(47)37-94(74,75)91-52-28-39(17-24-49(52)79-3)11-13-42-31-56(82-6)63(85-9)57(32-42)83-7/h10-33,58-61,65,67-70H,34-37H2,1-9H3,(H,66,71)/b12-10-,13-11-/t58-,59+,60+,61-,65-/m1/s1. The molecule has 0 bridgehead atoms. The first kappa shape index (κ1) is 71.2. The summed E-state index contributed by atoms with van der Waals surface area (Å²) in [4.78, 5) is 12.6. The van der Waals surface area contributed by atoms with Crippen LogP contribution in [0, 0.1) is 0 Å². The predicted molar refractivity (Wildman–Crippen MR) is 344 cm³/mol. The molecule has 7 aromatic rings. The molecule has 1 aliphatic rings. The van der Waals surface area contributed by atoms with E-state index < -0.39 is 96.9 Å². The Labute approximate surface area is 548 Å². The van der Waals surface area contributed by atoms with Gasteiger partial charge in [-0.25, -0.2) is 0 Å². The van der Waals surface area contributed by atoms with Crippen molar-refractivity contribution >= 4 is 60.8 Å². The van der Waals surface area contributed by atoms with E-state index in [4.69, 9.17) is 68.8 Å². The number of aliphatic hydroxyl groups is 4. The van der Waals surface area contributed by atoms with E-state index in [9.17, 15) is 50.5 Å². The van der Waals surface area contributed by atoms with Crippen LogP contribution < -0.4 is 69.4 Å². The minimum Gasteiger partial charge on any atom is -0.493 e. The van der Waals surface area contributed by atoms with Crippen molar-refractivity contribution in [3.8, 4) is 80.5 Å². The van der Waals surface area contributed by atoms with Gasteiger partial charge in [0.25, 0.3) is 5.91 Å². The number of benzene rings is 7. The lowest BCUT2D eigenvalue weighted by molar-refractivity contribution is -0.277. The van der Waals surface area contributed by atoms with E-state index in [1.54, 1.807) is 60.7 Å². The molecule has 1 heterocycles. The Morgan fingerprint density at radius 3 is 1.40 bits per heavy atom. The molecule has 1 fully saturated rings. The first-order valence-corrected chi connectivity index (χ1v) is 32.9. The summed E-state index contributed by atoms with van der Waals surface area (Å²) in [6.45, 7) is -1.08. The molecule has 8 rings (SSSR count). The minimum atomic E-state index is -5.09. The molecule has 0 aliphatic carbocycles. The predicted octanol–water partition coefficient (Wildman–Crippen LogP) is 6.73. The van der Waals surface area contributed by atoms with E-state index in [2.05, 4.69) is 5.32 Å². The number of carbonyl (C=O) groups excluding carboxylic acids is 1. The van der Waals surface area contributed by atoms with Crippen LogP contribution in [-0.2, 0) is 53.5 Å². The van der Waals surface area contributed by atoms with Crippen molar-refractivity contribution < 1.29 is 119 Å². The van der Waals surface area contributed by atoms with Gasteiger partial charge in [0, 0.05) is 18.2 Å². The number of ether oxygens (including phenoxy) is 11. The number of aliphatic hydroxyl groups excluding tert-OH is 4. The molecule has 95 heavy (non-hydrogen) atoms. The third-order valence-electron chi connectivity index (χ3n) is 14.2. The zero-order valence-electron chi connectivity index (χ0n) is 52.6. The Bertz CT molecular complexity index is 4220. The highest BCUT2D eigenvalue weighted by molar-refractivity contribution is 7.86. The fourth-order valence-corrected chi connectivity index (χ4v) is 12.4. The van der Waals surface area contributed by atoms with Crippen molar-refractivity contribution in [2.75, 3.05) is 70.5 Å². The van der Waals surface area contributed by atoms with Crippen molar-refractivity contribution in [3.05, 3.63) is 166 Å². The number of hydrogen-bond donors (Lipinski definition) is 5. The lowest BCUT2D eigenvalue weighted by Crippen LogP contribution is -2.60. The Kier molecular flexibility index (Phi) is 23.6. The molecule has 5 atom stereocenters. The van der Waals surface area contributed by atoms with Crippen molar-refractivity contribution in [2.45, 2.75) is 48.8 Å². The van der Waals surface area contributed by atoms with E-state index in [1.807, 2.05) is 0 Å². The molecule has 5 N–H and O–H groups in total. The van der Waals surface area contributed by atoms with Crippen molar-refractivity contribution in [1.82, 2.24) is 5.32 Å². The normalized spacial score (nSPS) is 16.5. The number of hydrogen-bond acceptors (Lipinski definition) is 26. The van der Waals surface area contributed by atoms with Gasteiger partial charge in [-0.2, -0.15) is 16.8 Å². The maximum Gasteiger partial charge on any atom is 0.501 e. The van der Waals surface area contributed by atoms with Gasteiger partial charge in [-0.15, -0.1) is 8.42 Å². The smallest absolute Gasteiger partial charge is 0.493 e. The molecule has 0 unspecified atom stereocenters. The van der Waals surface area contributed by atoms with Crippen molar-refractivity contribution in [1.29, 1.82) is 0 Å². The highest BCUT2D eigenvalue weighted by Gasteiger charge is 2.45. The molecule has 1 saturated heterocycles. The highest BCUT2D eigenvalue weighted by atomic mass is 32.3. The van der Waals surface area contributed by atoms with Gasteiger partial charge in [0.15, 0.2) is 57.5 Å². The molecule has 27 nitrogen and oxygen atoms in total. The van der Waals surface area contributed by atoms with Crippen molar-refractivity contribution in [2.24, 2.45) is 0 Å². The van der Waals surface area contributed by atoms with E-state index in [0.29, 0.717) is 62.3 Å². The topological polar surface area (TPSA) is 351 Å². The molecule has 0 aromatic heterocycles. The number of nitrogens with one attached hydrogen (secondary N) is 1. The van der Waals surface area contributed by atoms with Crippen LogP contribution >= 0.6 is 0 Å². The Balaban J connectivity index is 1.04. The van der Waals surface area contributed by atoms with Crippen LogP contribution in [0.5, 0.6) is 80.5 Å². The highest BCUT2D eigenvalue weighted by Crippen LogP contribution is 2.42. The van der Waals surface area contributed by atoms with Gasteiger partial charge in [-0.05, 0) is 124 Å². The largest absolute Gasteiger partial charge is 0.501 e. The summed E-state index contributed by atoms with van der Waals surface area (Å²) in [6.07, 6.45) is -1.80. The molecule has 0 radical (unpaired) electrons. The summed E-state index contributed by atoms with van der Waals surface area (Å²) in [5.74, 6) is -1.58. The van der Waals surface area contributed by atoms with Crippen LogP contribution in [0.25, 0.3) is 24.3 Å². The second-order valence-corrected chi connectivity index (χ2v) is 24.8. The van der Waals surface area contributed by atoms with Crippen LogP contribution in [0.4, 0.5) is 0 Å². The van der Waals surface area contributed by atoms with Crippen LogP contribution in [-0.4, -0.2) is 153 Å². The van der Waals surface area contributed by atoms with Crippen LogP contribution in [0.3, 0.4) is 0 Å². The second kappa shape index (κ2) is 31.5. The fraction of sp³-hybridized carbons (Fsp3) is 0.277. The molecular weight excluding hydrogens is 1310 g/mol. The van der Waals surface area contributed by atoms with Gasteiger partial charge in [0.2, 0.25) is 17.8 Å². The van der Waals surface area contributed by atoms with Crippen molar-refractivity contribution in [3.63, 3.8) is 0 Å². The molecule has 508 valence electrons. The monoisotopic (exact) mass is 1380 g/mol. The number of amides is 1. The molecule has 0 spiro atoms. The number of rotatable bonds is 31. The second-order valence-electron chi connectivity index (χ2n) is 20.5. The third kappa shape index (κ3) is 18.2. The van der Waals surface area contributed by atoms with Gasteiger partial charge < -0.3 is 94.6 Å². The first-order chi connectivity index (χ1) is 45.4. The zero-order chi connectivity index (χ0) is 68.8. The average Bonchev–Trinajstić information content (AvgIpc) is 0.847. The number of carbonyl (C=O) groups is 1. The molecule has 0 saturated carbocycles. The first-order valence-electron chi connectivity index (χ1n) is 28.4. The van der Waals surface area contributed by atoms with E-state index in [1.165, 1.54) is 137 Å². The average molecular weight is 1380 g/mol. The van der Waals surface area contributed by atoms with Crippen LogP contribution in [0.2, 0.25) is 0 Å².